The Labute approximate surface area is 168 Å². The Kier molecular flexibility index (Phi) is 4.96. The van der Waals surface area contributed by atoms with Crippen molar-refractivity contribution in [2.45, 2.75) is 13.8 Å². The molecule has 3 aromatic carbocycles. The summed E-state index contributed by atoms with van der Waals surface area (Å²) in [6.07, 6.45) is 1.57. The summed E-state index contributed by atoms with van der Waals surface area (Å²) in [5.74, 6) is 0.274. The smallest absolute Gasteiger partial charge is 0.256 e. The first-order valence-corrected chi connectivity index (χ1v) is 9.21. The highest BCUT2D eigenvalue weighted by Gasteiger charge is 2.17. The number of nitrogens with one attached hydrogen (secondary N) is 1. The first kappa shape index (κ1) is 18.6. The summed E-state index contributed by atoms with van der Waals surface area (Å²) >= 11 is 0. The number of oxazole rings is 1. The number of hydrogen-bond donors (Lipinski definition) is 1. The van der Waals surface area contributed by atoms with Gasteiger partial charge in [-0.2, -0.15) is 0 Å². The monoisotopic (exact) mass is 386 g/mol. The fraction of sp³-hybridized carbons (Fsp3) is 0.0833. The Bertz CT molecular complexity index is 1180. The minimum Gasteiger partial charge on any atom is -0.436 e. The van der Waals surface area contributed by atoms with Gasteiger partial charge in [-0.15, -0.1) is 0 Å². The lowest BCUT2D eigenvalue weighted by Crippen LogP contribution is -2.14. The number of benzene rings is 3. The summed E-state index contributed by atoms with van der Waals surface area (Å²) in [7, 11) is 0. The topological polar surface area (TPSA) is 55.1 Å². The van der Waals surface area contributed by atoms with Crippen molar-refractivity contribution in [3.8, 4) is 22.8 Å². The van der Waals surface area contributed by atoms with Crippen molar-refractivity contribution in [2.24, 2.45) is 0 Å². The van der Waals surface area contributed by atoms with E-state index in [9.17, 15) is 9.18 Å². The van der Waals surface area contributed by atoms with Gasteiger partial charge in [-0.1, -0.05) is 29.8 Å². The summed E-state index contributed by atoms with van der Waals surface area (Å²) in [6.45, 7) is 3.97. The largest absolute Gasteiger partial charge is 0.436 e. The van der Waals surface area contributed by atoms with Gasteiger partial charge in [-0.05, 0) is 61.9 Å². The summed E-state index contributed by atoms with van der Waals surface area (Å²) in [6, 6.07) is 19.0. The van der Waals surface area contributed by atoms with Gasteiger partial charge in [-0.3, -0.25) is 4.79 Å². The molecule has 1 heterocycles. The highest BCUT2D eigenvalue weighted by Crippen LogP contribution is 2.29. The SMILES string of the molecule is Cc1ccc(NC(=O)c2ccccc2-c2ncc(-c3ccc(F)cc3)o2)c(C)c1. The van der Waals surface area contributed by atoms with E-state index in [-0.39, 0.29) is 11.7 Å². The molecule has 1 aromatic heterocycles. The summed E-state index contributed by atoms with van der Waals surface area (Å²) in [4.78, 5) is 17.3. The summed E-state index contributed by atoms with van der Waals surface area (Å²) < 4.78 is 19.0. The molecule has 0 aliphatic carbocycles. The molecule has 4 aromatic rings. The maximum Gasteiger partial charge on any atom is 0.256 e. The van der Waals surface area contributed by atoms with Gasteiger partial charge in [0.1, 0.15) is 5.82 Å². The zero-order chi connectivity index (χ0) is 20.4. The molecule has 0 spiro atoms. The first-order chi connectivity index (χ1) is 14.0. The molecular formula is C24H19FN2O2. The van der Waals surface area contributed by atoms with Crippen molar-refractivity contribution in [2.75, 3.05) is 5.32 Å². The number of hydrogen-bond acceptors (Lipinski definition) is 3. The predicted octanol–water partition coefficient (Wildman–Crippen LogP) is 6.02. The molecule has 1 N–H and O–H groups in total. The quantitative estimate of drug-likeness (QED) is 0.467. The average molecular weight is 386 g/mol. The van der Waals surface area contributed by atoms with E-state index in [4.69, 9.17) is 4.42 Å². The van der Waals surface area contributed by atoms with E-state index >= 15 is 0 Å². The maximum atomic E-state index is 13.2. The third-order valence-electron chi connectivity index (χ3n) is 4.67. The van der Waals surface area contributed by atoms with Crippen LogP contribution in [0.1, 0.15) is 21.5 Å². The van der Waals surface area contributed by atoms with Gasteiger partial charge in [0.05, 0.1) is 11.8 Å². The molecule has 0 fully saturated rings. The zero-order valence-electron chi connectivity index (χ0n) is 16.1. The number of rotatable bonds is 4. The number of nitrogens with zero attached hydrogens (tertiary/aromatic N) is 1. The minimum atomic E-state index is -0.318. The normalized spacial score (nSPS) is 10.7. The van der Waals surface area contributed by atoms with E-state index in [0.29, 0.717) is 28.3 Å². The lowest BCUT2D eigenvalue weighted by Gasteiger charge is -2.11. The van der Waals surface area contributed by atoms with Crippen LogP contribution in [-0.2, 0) is 0 Å². The van der Waals surface area contributed by atoms with Gasteiger partial charge in [0, 0.05) is 16.8 Å². The summed E-state index contributed by atoms with van der Waals surface area (Å²) in [5, 5.41) is 2.96. The second-order valence-electron chi connectivity index (χ2n) is 6.85. The molecular weight excluding hydrogens is 367 g/mol. The number of aryl methyl sites for hydroxylation is 2. The van der Waals surface area contributed by atoms with E-state index in [1.54, 1.807) is 36.5 Å². The van der Waals surface area contributed by atoms with Crippen LogP contribution in [0.4, 0.5) is 10.1 Å². The van der Waals surface area contributed by atoms with E-state index in [2.05, 4.69) is 10.3 Å². The van der Waals surface area contributed by atoms with Crippen molar-refractivity contribution >= 4 is 11.6 Å². The minimum absolute atomic E-state index is 0.242. The van der Waals surface area contributed by atoms with Gasteiger partial charge in [-0.25, -0.2) is 9.37 Å². The van der Waals surface area contributed by atoms with Crippen LogP contribution in [0.2, 0.25) is 0 Å². The van der Waals surface area contributed by atoms with Crippen molar-refractivity contribution < 1.29 is 13.6 Å². The number of halogens is 1. The van der Waals surface area contributed by atoms with Crippen LogP contribution in [0.25, 0.3) is 22.8 Å². The molecule has 0 saturated carbocycles. The zero-order valence-corrected chi connectivity index (χ0v) is 16.1. The fourth-order valence-electron chi connectivity index (χ4n) is 3.16. The van der Waals surface area contributed by atoms with E-state index in [0.717, 1.165) is 16.8 Å². The average Bonchev–Trinajstić information content (AvgIpc) is 3.20. The van der Waals surface area contributed by atoms with Gasteiger partial charge in [0.2, 0.25) is 5.89 Å². The van der Waals surface area contributed by atoms with Gasteiger partial charge < -0.3 is 9.73 Å². The molecule has 0 bridgehead atoms. The number of carbonyl (C=O) groups excluding carboxylic acids is 1. The van der Waals surface area contributed by atoms with Crippen LogP contribution in [0.5, 0.6) is 0 Å². The molecule has 29 heavy (non-hydrogen) atoms. The third-order valence-corrected chi connectivity index (χ3v) is 4.67. The number of aromatic nitrogens is 1. The number of carbonyl (C=O) groups is 1. The molecule has 1 amide bonds. The highest BCUT2D eigenvalue weighted by molar-refractivity contribution is 6.08. The van der Waals surface area contributed by atoms with Crippen LogP contribution in [0, 0.1) is 19.7 Å². The van der Waals surface area contributed by atoms with Gasteiger partial charge in [0.15, 0.2) is 5.76 Å². The fourth-order valence-corrected chi connectivity index (χ4v) is 3.16. The Morgan fingerprint density at radius 1 is 1.00 bits per heavy atom. The van der Waals surface area contributed by atoms with E-state index in [1.165, 1.54) is 12.1 Å². The lowest BCUT2D eigenvalue weighted by atomic mass is 10.1. The third kappa shape index (κ3) is 3.94. The Morgan fingerprint density at radius 2 is 1.76 bits per heavy atom. The van der Waals surface area contributed by atoms with Crippen molar-refractivity contribution in [1.82, 2.24) is 4.98 Å². The van der Waals surface area contributed by atoms with E-state index in [1.807, 2.05) is 38.1 Å². The number of amides is 1. The molecule has 0 aliphatic rings. The van der Waals surface area contributed by atoms with Crippen LogP contribution in [0.3, 0.4) is 0 Å². The molecule has 5 heteroatoms. The molecule has 0 atom stereocenters. The first-order valence-electron chi connectivity index (χ1n) is 9.21. The molecule has 0 aliphatic heterocycles. The molecule has 0 unspecified atom stereocenters. The molecule has 4 nitrogen and oxygen atoms in total. The Balaban J connectivity index is 1.65. The highest BCUT2D eigenvalue weighted by atomic mass is 19.1. The summed E-state index contributed by atoms with van der Waals surface area (Å²) in [5.41, 5.74) is 4.64. The van der Waals surface area contributed by atoms with Crippen LogP contribution < -0.4 is 5.32 Å². The lowest BCUT2D eigenvalue weighted by molar-refractivity contribution is 0.102. The van der Waals surface area contributed by atoms with Gasteiger partial charge >= 0.3 is 0 Å². The Morgan fingerprint density at radius 3 is 2.52 bits per heavy atom. The second-order valence-corrected chi connectivity index (χ2v) is 6.85. The maximum absolute atomic E-state index is 13.2. The van der Waals surface area contributed by atoms with E-state index < -0.39 is 0 Å². The van der Waals surface area contributed by atoms with Crippen molar-refractivity contribution in [3.63, 3.8) is 0 Å². The predicted molar refractivity (Wildman–Crippen MR) is 111 cm³/mol. The second kappa shape index (κ2) is 7.72. The molecule has 0 radical (unpaired) electrons. The van der Waals surface area contributed by atoms with Crippen LogP contribution in [-0.4, -0.2) is 10.9 Å². The van der Waals surface area contributed by atoms with Crippen molar-refractivity contribution in [3.05, 3.63) is 95.4 Å². The molecule has 0 saturated heterocycles. The van der Waals surface area contributed by atoms with Crippen LogP contribution >= 0.6 is 0 Å². The standard InChI is InChI=1S/C24H19FN2O2/c1-15-7-12-21(16(2)13-15)27-23(28)19-5-3-4-6-20(19)24-26-14-22(29-24)17-8-10-18(25)11-9-17/h3-14H,1-2H3,(H,27,28). The van der Waals surface area contributed by atoms with Gasteiger partial charge in [0.25, 0.3) is 5.91 Å². The number of anilines is 1. The molecule has 4 rings (SSSR count). The molecule has 144 valence electrons. The van der Waals surface area contributed by atoms with Crippen molar-refractivity contribution in [1.29, 1.82) is 0 Å². The van der Waals surface area contributed by atoms with Crippen LogP contribution in [0.15, 0.2) is 77.3 Å². The Hall–Kier alpha value is -3.73.